The monoisotopic (exact) mass is 372 g/mol. The van der Waals surface area contributed by atoms with Crippen LogP contribution >= 0.6 is 0 Å². The van der Waals surface area contributed by atoms with Crippen molar-refractivity contribution < 1.29 is 28.7 Å². The molecule has 2 rings (SSSR count). The maximum atomic E-state index is 13.0. The molecule has 1 aromatic rings. The molecule has 142 valence electrons. The van der Waals surface area contributed by atoms with Crippen LogP contribution in [-0.4, -0.2) is 47.4 Å². The largest absolute Gasteiger partial charge is 0.448 e. The molecule has 2 amide bonds. The molecule has 1 N–H and O–H groups in total. The summed E-state index contributed by atoms with van der Waals surface area (Å²) in [4.78, 5) is 49.7. The number of carbonyl (C=O) groups excluding carboxylic acids is 4. The quantitative estimate of drug-likeness (QED) is 0.563. The van der Waals surface area contributed by atoms with Gasteiger partial charge in [0.1, 0.15) is 0 Å². The van der Waals surface area contributed by atoms with Crippen molar-refractivity contribution in [2.75, 3.05) is 6.54 Å². The highest BCUT2D eigenvalue weighted by molar-refractivity contribution is 5.93. The van der Waals surface area contributed by atoms with E-state index in [2.05, 4.69) is 11.2 Å². The van der Waals surface area contributed by atoms with Gasteiger partial charge in [-0.1, -0.05) is 30.2 Å². The second-order valence-corrected chi connectivity index (χ2v) is 5.95. The van der Waals surface area contributed by atoms with Crippen molar-refractivity contribution >= 4 is 23.8 Å². The van der Waals surface area contributed by atoms with Gasteiger partial charge in [-0.3, -0.25) is 19.2 Å². The van der Waals surface area contributed by atoms with E-state index in [1.165, 1.54) is 4.90 Å². The molecule has 0 unspecified atom stereocenters. The summed E-state index contributed by atoms with van der Waals surface area (Å²) in [6, 6.07) is 7.47. The number of benzene rings is 1. The Morgan fingerprint density at radius 1 is 1.07 bits per heavy atom. The van der Waals surface area contributed by atoms with E-state index in [1.54, 1.807) is 0 Å². The lowest BCUT2D eigenvalue weighted by Crippen LogP contribution is -2.53. The molecule has 0 aliphatic carbocycles. The Labute approximate surface area is 156 Å². The first-order chi connectivity index (χ1) is 12.8. The summed E-state index contributed by atoms with van der Waals surface area (Å²) >= 11 is 0. The molecule has 1 aliphatic rings. The summed E-state index contributed by atoms with van der Waals surface area (Å²) < 4.78 is 10.1. The molecule has 0 fully saturated rings. The number of fused-ring (bicyclic) bond motifs is 1. The van der Waals surface area contributed by atoms with E-state index in [4.69, 9.17) is 15.9 Å². The molecule has 1 aliphatic heterocycles. The fourth-order valence-corrected chi connectivity index (χ4v) is 2.76. The Morgan fingerprint density at radius 3 is 2.07 bits per heavy atom. The summed E-state index contributed by atoms with van der Waals surface area (Å²) in [5.74, 6) is -0.834. The second-order valence-electron chi connectivity index (χ2n) is 5.95. The van der Waals surface area contributed by atoms with Gasteiger partial charge in [-0.2, -0.15) is 0 Å². The topological polar surface area (TPSA) is 102 Å². The van der Waals surface area contributed by atoms with E-state index in [0.717, 1.165) is 25.0 Å². The number of amides is 2. The zero-order chi connectivity index (χ0) is 20.0. The van der Waals surface area contributed by atoms with Gasteiger partial charge in [-0.15, -0.1) is 6.42 Å². The molecule has 0 bridgehead atoms. The minimum absolute atomic E-state index is 0.132. The lowest BCUT2D eigenvalue weighted by atomic mass is 10.1. The van der Waals surface area contributed by atoms with Crippen molar-refractivity contribution in [3.63, 3.8) is 0 Å². The number of nitrogens with one attached hydrogen (secondary N) is 1. The molecule has 27 heavy (non-hydrogen) atoms. The fraction of sp³-hybridized carbons (Fsp3) is 0.368. The highest BCUT2D eigenvalue weighted by atomic mass is 16.6. The van der Waals surface area contributed by atoms with Gasteiger partial charge in [0.2, 0.25) is 12.2 Å². The van der Waals surface area contributed by atoms with Crippen molar-refractivity contribution in [3.8, 4) is 12.3 Å². The molecule has 0 spiro atoms. The second kappa shape index (κ2) is 8.85. The molecule has 8 heteroatoms. The van der Waals surface area contributed by atoms with Gasteiger partial charge in [0.15, 0.2) is 0 Å². The normalized spacial score (nSPS) is 14.3. The fourth-order valence-electron chi connectivity index (χ4n) is 2.76. The number of nitrogens with zero attached hydrogens (tertiary/aromatic N) is 1. The maximum Gasteiger partial charge on any atom is 0.303 e. The highest BCUT2D eigenvalue weighted by Gasteiger charge is 2.42. The number of rotatable bonds is 6. The Morgan fingerprint density at radius 2 is 1.59 bits per heavy atom. The predicted molar refractivity (Wildman–Crippen MR) is 93.6 cm³/mol. The Hall–Kier alpha value is -3.34. The van der Waals surface area contributed by atoms with Crippen LogP contribution in [0.5, 0.6) is 0 Å². The SMILES string of the molecule is C#CCNC(=O)[C@H](OC(C)=O)[C@@H](OC(C)=O)C(=O)N1Cc2ccccc2C1. The maximum absolute atomic E-state index is 13.0. The molecule has 2 atom stereocenters. The van der Waals surface area contributed by atoms with Crippen LogP contribution in [0.4, 0.5) is 0 Å². The minimum Gasteiger partial charge on any atom is -0.448 e. The van der Waals surface area contributed by atoms with Crippen LogP contribution in [0.3, 0.4) is 0 Å². The Kier molecular flexibility index (Phi) is 6.55. The van der Waals surface area contributed by atoms with E-state index in [-0.39, 0.29) is 6.54 Å². The van der Waals surface area contributed by atoms with Gasteiger partial charge in [0.05, 0.1) is 6.54 Å². The van der Waals surface area contributed by atoms with Gasteiger partial charge < -0.3 is 19.7 Å². The van der Waals surface area contributed by atoms with E-state index >= 15 is 0 Å². The number of ether oxygens (including phenoxy) is 2. The highest BCUT2D eigenvalue weighted by Crippen LogP contribution is 2.24. The molecule has 0 saturated heterocycles. The zero-order valence-corrected chi connectivity index (χ0v) is 15.1. The van der Waals surface area contributed by atoms with Crippen LogP contribution in [0, 0.1) is 12.3 Å². The van der Waals surface area contributed by atoms with Crippen molar-refractivity contribution in [2.24, 2.45) is 0 Å². The minimum atomic E-state index is -1.64. The lowest BCUT2D eigenvalue weighted by Gasteiger charge is -2.27. The lowest BCUT2D eigenvalue weighted by molar-refractivity contribution is -0.178. The summed E-state index contributed by atoms with van der Waals surface area (Å²) in [5.41, 5.74) is 1.90. The molecule has 1 heterocycles. The van der Waals surface area contributed by atoms with Crippen molar-refractivity contribution in [1.29, 1.82) is 0 Å². The third kappa shape index (κ3) is 5.07. The van der Waals surface area contributed by atoms with Crippen molar-refractivity contribution in [2.45, 2.75) is 39.1 Å². The Balaban J connectivity index is 2.26. The van der Waals surface area contributed by atoms with E-state index in [9.17, 15) is 19.2 Å². The summed E-state index contributed by atoms with van der Waals surface area (Å²) in [7, 11) is 0. The van der Waals surface area contributed by atoms with Gasteiger partial charge in [-0.05, 0) is 11.1 Å². The van der Waals surface area contributed by atoms with Crippen LogP contribution in [0.25, 0.3) is 0 Å². The number of hydrogen-bond donors (Lipinski definition) is 1. The van der Waals surface area contributed by atoms with Crippen LogP contribution in [-0.2, 0) is 41.7 Å². The van der Waals surface area contributed by atoms with Gasteiger partial charge in [0, 0.05) is 26.9 Å². The standard InChI is InChI=1S/C19H20N2O6/c1-4-9-20-18(24)16(26-12(2)22)17(27-13(3)23)19(25)21-10-14-7-5-6-8-15(14)11-21/h1,5-8,16-17H,9-11H2,2-3H3,(H,20,24)/t16-,17-/m1/s1. The molecule has 1 aromatic carbocycles. The predicted octanol–water partition coefficient (Wildman–Crippen LogP) is 0.142. The number of hydrogen-bond acceptors (Lipinski definition) is 6. The zero-order valence-electron chi connectivity index (χ0n) is 15.1. The average molecular weight is 372 g/mol. The van der Waals surface area contributed by atoms with Crippen molar-refractivity contribution in [1.82, 2.24) is 10.2 Å². The Bertz CT molecular complexity index is 773. The number of carbonyl (C=O) groups is 4. The molecule has 8 nitrogen and oxygen atoms in total. The summed E-state index contributed by atoms with van der Waals surface area (Å²) in [6.45, 7) is 2.65. The van der Waals surface area contributed by atoms with E-state index < -0.39 is 36.0 Å². The van der Waals surface area contributed by atoms with Gasteiger partial charge >= 0.3 is 11.9 Å². The molecular weight excluding hydrogens is 352 g/mol. The van der Waals surface area contributed by atoms with Crippen molar-refractivity contribution in [3.05, 3.63) is 35.4 Å². The third-order valence-corrected chi connectivity index (χ3v) is 3.88. The molecule has 0 radical (unpaired) electrons. The third-order valence-electron chi connectivity index (χ3n) is 3.88. The van der Waals surface area contributed by atoms with Crippen LogP contribution in [0.2, 0.25) is 0 Å². The van der Waals surface area contributed by atoms with Gasteiger partial charge in [-0.25, -0.2) is 0 Å². The first kappa shape index (κ1) is 20.0. The van der Waals surface area contributed by atoms with Crippen LogP contribution in [0.15, 0.2) is 24.3 Å². The molecular formula is C19H20N2O6. The van der Waals surface area contributed by atoms with E-state index in [1.807, 2.05) is 24.3 Å². The smallest absolute Gasteiger partial charge is 0.303 e. The first-order valence-electron chi connectivity index (χ1n) is 8.24. The molecule has 0 aromatic heterocycles. The average Bonchev–Trinajstić information content (AvgIpc) is 3.05. The number of terminal acetylenes is 1. The summed E-state index contributed by atoms with van der Waals surface area (Å²) in [6.07, 6.45) is 1.85. The number of esters is 2. The van der Waals surface area contributed by atoms with Crippen LogP contribution < -0.4 is 5.32 Å². The summed E-state index contributed by atoms with van der Waals surface area (Å²) in [5, 5.41) is 2.34. The first-order valence-corrected chi connectivity index (χ1v) is 8.24. The van der Waals surface area contributed by atoms with Gasteiger partial charge in [0.25, 0.3) is 11.8 Å². The van der Waals surface area contributed by atoms with E-state index in [0.29, 0.717) is 13.1 Å². The molecule has 0 saturated carbocycles. The van der Waals surface area contributed by atoms with Crippen LogP contribution in [0.1, 0.15) is 25.0 Å².